The van der Waals surface area contributed by atoms with E-state index in [1.807, 2.05) is 0 Å². The van der Waals surface area contributed by atoms with Gasteiger partial charge < -0.3 is 18.9 Å². The molecule has 1 heterocycles. The predicted molar refractivity (Wildman–Crippen MR) is 97.4 cm³/mol. The lowest BCUT2D eigenvalue weighted by Gasteiger charge is -2.18. The topological polar surface area (TPSA) is 88.1 Å². The third-order valence-corrected chi connectivity index (χ3v) is 4.12. The van der Waals surface area contributed by atoms with Crippen LogP contribution in [0.3, 0.4) is 0 Å². The molecular weight excluding hydrogens is 364 g/mol. The van der Waals surface area contributed by atoms with Crippen molar-refractivity contribution in [3.63, 3.8) is 0 Å². The summed E-state index contributed by atoms with van der Waals surface area (Å²) in [7, 11) is 0. The SMILES string of the molecule is CC(=O)OC1C[C@@H](OC(=O)c2ccccc2)[C@@H](COC(=O)c2ccccc2)O1. The standard InChI is InChI=1S/C21H20O7/c1-14(22)26-19-12-17(28-21(24)16-10-6-3-7-11-16)18(27-19)13-25-20(23)15-8-4-2-5-9-15/h2-11,17-19H,12-13H2,1H3/t17-,18-,19?/m1/s1. The van der Waals surface area contributed by atoms with Crippen LogP contribution in [-0.4, -0.2) is 43.0 Å². The van der Waals surface area contributed by atoms with E-state index >= 15 is 0 Å². The molecule has 0 aliphatic carbocycles. The molecule has 146 valence electrons. The highest BCUT2D eigenvalue weighted by Gasteiger charge is 2.40. The minimum atomic E-state index is -0.869. The number of rotatable bonds is 6. The van der Waals surface area contributed by atoms with Crippen molar-refractivity contribution in [1.82, 2.24) is 0 Å². The predicted octanol–water partition coefficient (Wildman–Crippen LogP) is 2.75. The number of hydrogen-bond donors (Lipinski definition) is 0. The van der Waals surface area contributed by atoms with E-state index in [1.54, 1.807) is 60.7 Å². The zero-order chi connectivity index (χ0) is 19.9. The molecule has 0 bridgehead atoms. The van der Waals surface area contributed by atoms with Crippen LogP contribution in [-0.2, 0) is 23.7 Å². The van der Waals surface area contributed by atoms with Crippen LogP contribution in [0.2, 0.25) is 0 Å². The molecule has 7 nitrogen and oxygen atoms in total. The van der Waals surface area contributed by atoms with E-state index in [4.69, 9.17) is 18.9 Å². The lowest BCUT2D eigenvalue weighted by Crippen LogP contribution is -2.32. The molecule has 1 aliphatic rings. The fourth-order valence-corrected chi connectivity index (χ4v) is 2.81. The van der Waals surface area contributed by atoms with Gasteiger partial charge in [-0.25, -0.2) is 9.59 Å². The summed E-state index contributed by atoms with van der Waals surface area (Å²) in [5.74, 6) is -1.56. The normalized spacial score (nSPS) is 21.0. The van der Waals surface area contributed by atoms with Crippen LogP contribution >= 0.6 is 0 Å². The van der Waals surface area contributed by atoms with Crippen LogP contribution in [0.15, 0.2) is 60.7 Å². The van der Waals surface area contributed by atoms with Gasteiger partial charge in [-0.2, -0.15) is 0 Å². The molecule has 0 N–H and O–H groups in total. The Hall–Kier alpha value is -3.19. The van der Waals surface area contributed by atoms with Gasteiger partial charge in [-0.1, -0.05) is 36.4 Å². The first-order valence-corrected chi connectivity index (χ1v) is 8.84. The molecule has 0 aromatic heterocycles. The summed E-state index contributed by atoms with van der Waals surface area (Å²) in [6, 6.07) is 17.0. The average molecular weight is 384 g/mol. The number of benzene rings is 2. The highest BCUT2D eigenvalue weighted by atomic mass is 16.7. The molecule has 1 unspecified atom stereocenters. The number of carbonyl (C=O) groups is 3. The summed E-state index contributed by atoms with van der Waals surface area (Å²) in [5.41, 5.74) is 0.785. The largest absolute Gasteiger partial charge is 0.459 e. The van der Waals surface area contributed by atoms with Crippen molar-refractivity contribution >= 4 is 17.9 Å². The van der Waals surface area contributed by atoms with Crippen molar-refractivity contribution in [2.75, 3.05) is 6.61 Å². The quantitative estimate of drug-likeness (QED) is 0.559. The monoisotopic (exact) mass is 384 g/mol. The fraction of sp³-hybridized carbons (Fsp3) is 0.286. The molecule has 0 saturated carbocycles. The molecule has 7 heteroatoms. The summed E-state index contributed by atoms with van der Waals surface area (Å²) in [5, 5.41) is 0. The van der Waals surface area contributed by atoms with E-state index in [1.165, 1.54) is 6.92 Å². The van der Waals surface area contributed by atoms with Crippen molar-refractivity contribution < 1.29 is 33.3 Å². The average Bonchev–Trinajstić information content (AvgIpc) is 3.07. The van der Waals surface area contributed by atoms with Crippen molar-refractivity contribution in [1.29, 1.82) is 0 Å². The summed E-state index contributed by atoms with van der Waals surface area (Å²) in [6.07, 6.45) is -2.18. The Morgan fingerprint density at radius 1 is 0.893 bits per heavy atom. The van der Waals surface area contributed by atoms with Crippen molar-refractivity contribution in [3.05, 3.63) is 71.8 Å². The van der Waals surface area contributed by atoms with E-state index in [-0.39, 0.29) is 13.0 Å². The Balaban J connectivity index is 1.64. The maximum Gasteiger partial charge on any atom is 0.338 e. The van der Waals surface area contributed by atoms with Crippen molar-refractivity contribution in [3.8, 4) is 0 Å². The molecule has 0 radical (unpaired) electrons. The van der Waals surface area contributed by atoms with Gasteiger partial charge in [0.1, 0.15) is 18.8 Å². The molecular formula is C21H20O7. The third kappa shape index (κ3) is 5.17. The van der Waals surface area contributed by atoms with Crippen molar-refractivity contribution in [2.45, 2.75) is 31.8 Å². The maximum atomic E-state index is 12.3. The lowest BCUT2D eigenvalue weighted by molar-refractivity contribution is -0.175. The minimum absolute atomic E-state index is 0.141. The summed E-state index contributed by atoms with van der Waals surface area (Å²) >= 11 is 0. The van der Waals surface area contributed by atoms with E-state index in [9.17, 15) is 14.4 Å². The number of hydrogen-bond acceptors (Lipinski definition) is 7. The minimum Gasteiger partial charge on any atom is -0.459 e. The zero-order valence-corrected chi connectivity index (χ0v) is 15.3. The van der Waals surface area contributed by atoms with Gasteiger partial charge in [0.05, 0.1) is 17.5 Å². The van der Waals surface area contributed by atoms with Gasteiger partial charge in [0.25, 0.3) is 0 Å². The van der Waals surface area contributed by atoms with E-state index in [2.05, 4.69) is 0 Å². The van der Waals surface area contributed by atoms with Gasteiger partial charge in [-0.3, -0.25) is 4.79 Å². The van der Waals surface area contributed by atoms with Crippen LogP contribution in [0.25, 0.3) is 0 Å². The summed E-state index contributed by atoms with van der Waals surface area (Å²) in [4.78, 5) is 35.7. The van der Waals surface area contributed by atoms with Crippen LogP contribution in [0, 0.1) is 0 Å². The molecule has 0 spiro atoms. The second kappa shape index (κ2) is 9.14. The Kier molecular flexibility index (Phi) is 6.39. The Bertz CT molecular complexity index is 819. The van der Waals surface area contributed by atoms with Crippen LogP contribution in [0.5, 0.6) is 0 Å². The zero-order valence-electron chi connectivity index (χ0n) is 15.3. The first-order valence-electron chi connectivity index (χ1n) is 8.84. The number of esters is 3. The van der Waals surface area contributed by atoms with Gasteiger partial charge in [-0.15, -0.1) is 0 Å². The highest BCUT2D eigenvalue weighted by Crippen LogP contribution is 2.26. The maximum absolute atomic E-state index is 12.3. The van der Waals surface area contributed by atoms with Gasteiger partial charge in [0.15, 0.2) is 0 Å². The number of carbonyl (C=O) groups excluding carboxylic acids is 3. The van der Waals surface area contributed by atoms with Gasteiger partial charge in [0, 0.05) is 6.92 Å². The van der Waals surface area contributed by atoms with Gasteiger partial charge >= 0.3 is 17.9 Å². The van der Waals surface area contributed by atoms with Gasteiger partial charge in [-0.05, 0) is 24.3 Å². The second-order valence-corrected chi connectivity index (χ2v) is 6.22. The van der Waals surface area contributed by atoms with Crippen LogP contribution in [0.4, 0.5) is 0 Å². The van der Waals surface area contributed by atoms with E-state index in [0.717, 1.165) is 0 Å². The second-order valence-electron chi connectivity index (χ2n) is 6.22. The van der Waals surface area contributed by atoms with E-state index < -0.39 is 36.4 Å². The third-order valence-electron chi connectivity index (χ3n) is 4.12. The molecule has 2 aromatic rings. The fourth-order valence-electron chi connectivity index (χ4n) is 2.81. The molecule has 3 atom stereocenters. The summed E-state index contributed by atoms with van der Waals surface area (Å²) < 4.78 is 21.5. The molecule has 28 heavy (non-hydrogen) atoms. The lowest BCUT2D eigenvalue weighted by atomic mass is 10.1. The molecule has 2 aromatic carbocycles. The molecule has 1 aliphatic heterocycles. The number of ether oxygens (including phenoxy) is 4. The van der Waals surface area contributed by atoms with Gasteiger partial charge in [0.2, 0.25) is 6.29 Å². The highest BCUT2D eigenvalue weighted by molar-refractivity contribution is 5.90. The van der Waals surface area contributed by atoms with Crippen LogP contribution in [0.1, 0.15) is 34.1 Å². The molecule has 1 saturated heterocycles. The first kappa shape index (κ1) is 19.6. The van der Waals surface area contributed by atoms with E-state index in [0.29, 0.717) is 11.1 Å². The Morgan fingerprint density at radius 3 is 2.04 bits per heavy atom. The Morgan fingerprint density at radius 2 is 1.46 bits per heavy atom. The molecule has 0 amide bonds. The summed E-state index contributed by atoms with van der Waals surface area (Å²) in [6.45, 7) is 1.12. The Labute approximate surface area is 162 Å². The van der Waals surface area contributed by atoms with Crippen molar-refractivity contribution in [2.24, 2.45) is 0 Å². The molecule has 3 rings (SSSR count). The first-order chi connectivity index (χ1) is 13.5. The smallest absolute Gasteiger partial charge is 0.338 e. The molecule has 1 fully saturated rings. The van der Waals surface area contributed by atoms with Crippen LogP contribution < -0.4 is 0 Å².